The molecule has 1 aliphatic carbocycles. The van der Waals surface area contributed by atoms with E-state index >= 15 is 0 Å². The molecule has 1 aromatic heterocycles. The normalized spacial score (nSPS) is 22.8. The lowest BCUT2D eigenvalue weighted by molar-refractivity contribution is 0.0523. The van der Waals surface area contributed by atoms with Crippen molar-refractivity contribution in [2.45, 2.75) is 48.6 Å². The van der Waals surface area contributed by atoms with E-state index in [9.17, 15) is 13.2 Å². The molecule has 2 heterocycles. The molecular weight excluding hydrogens is 486 g/mol. The van der Waals surface area contributed by atoms with Crippen LogP contribution in [0.3, 0.4) is 0 Å². The van der Waals surface area contributed by atoms with Crippen LogP contribution in [0.2, 0.25) is 5.02 Å². The maximum Gasteiger partial charge on any atom is 0.292 e. The molecule has 1 fully saturated rings. The SMILES string of the molecule is CS(=O)(=O)c1cccc(-c2nnc3n2CCN(C2CCC(CN)(c4cccc(Cl)c4)CC2)C3=O)c1. The van der Waals surface area contributed by atoms with Crippen molar-refractivity contribution in [3.63, 3.8) is 0 Å². The molecule has 1 aliphatic heterocycles. The Bertz CT molecular complexity index is 1380. The van der Waals surface area contributed by atoms with E-state index in [0.29, 0.717) is 41.9 Å². The standard InChI is InChI=1S/C25H28ClN5O3S/c1-35(33,34)21-7-2-4-17(14-21)22-28-29-23-24(32)30(12-13-31(22)23)20-8-10-25(16-27,11-9-20)18-5-3-6-19(26)15-18/h2-7,14-15,20H,8-13,16,27H2,1H3. The van der Waals surface area contributed by atoms with Crippen LogP contribution in [0.25, 0.3) is 11.4 Å². The Balaban J connectivity index is 1.35. The third-order valence-electron chi connectivity index (χ3n) is 7.47. The average Bonchev–Trinajstić information content (AvgIpc) is 3.29. The zero-order chi connectivity index (χ0) is 24.8. The molecule has 3 aromatic rings. The minimum Gasteiger partial charge on any atom is -0.331 e. The zero-order valence-corrected chi connectivity index (χ0v) is 21.1. The molecule has 0 spiro atoms. The van der Waals surface area contributed by atoms with Gasteiger partial charge in [0.25, 0.3) is 5.91 Å². The van der Waals surface area contributed by atoms with E-state index in [2.05, 4.69) is 16.3 Å². The van der Waals surface area contributed by atoms with Crippen molar-refractivity contribution in [3.05, 3.63) is 64.9 Å². The average molecular weight is 514 g/mol. The summed E-state index contributed by atoms with van der Waals surface area (Å²) in [4.78, 5) is 15.5. The first-order chi connectivity index (χ1) is 16.7. The summed E-state index contributed by atoms with van der Waals surface area (Å²) in [5.74, 6) is 0.661. The Labute approximate surface area is 210 Å². The van der Waals surface area contributed by atoms with E-state index in [1.54, 1.807) is 28.8 Å². The fourth-order valence-corrected chi connectivity index (χ4v) is 6.29. The van der Waals surface area contributed by atoms with Crippen LogP contribution >= 0.6 is 11.6 Å². The van der Waals surface area contributed by atoms with Crippen molar-refractivity contribution in [1.29, 1.82) is 0 Å². The number of halogens is 1. The number of hydrogen-bond acceptors (Lipinski definition) is 6. The van der Waals surface area contributed by atoms with Crippen LogP contribution in [0.15, 0.2) is 53.4 Å². The second-order valence-corrected chi connectivity index (χ2v) is 12.0. The second-order valence-electron chi connectivity index (χ2n) is 9.52. The van der Waals surface area contributed by atoms with Gasteiger partial charge in [0, 0.05) is 47.9 Å². The summed E-state index contributed by atoms with van der Waals surface area (Å²) >= 11 is 6.24. The number of nitrogens with two attached hydrogens (primary N) is 1. The van der Waals surface area contributed by atoms with Gasteiger partial charge in [-0.3, -0.25) is 4.79 Å². The fraction of sp³-hybridized carbons (Fsp3) is 0.400. The highest BCUT2D eigenvalue weighted by Gasteiger charge is 2.41. The van der Waals surface area contributed by atoms with Crippen molar-refractivity contribution in [3.8, 4) is 11.4 Å². The number of sulfone groups is 1. The highest BCUT2D eigenvalue weighted by Crippen LogP contribution is 2.41. The van der Waals surface area contributed by atoms with Crippen LogP contribution in [0.5, 0.6) is 0 Å². The number of hydrogen-bond donors (Lipinski definition) is 1. The van der Waals surface area contributed by atoms with Crippen molar-refractivity contribution in [2.24, 2.45) is 5.73 Å². The van der Waals surface area contributed by atoms with Gasteiger partial charge in [0.05, 0.1) is 4.90 Å². The number of aromatic nitrogens is 3. The van der Waals surface area contributed by atoms with E-state index in [4.69, 9.17) is 17.3 Å². The molecule has 8 nitrogen and oxygen atoms in total. The number of carbonyl (C=O) groups is 1. The lowest BCUT2D eigenvalue weighted by Crippen LogP contribution is -2.50. The molecule has 0 saturated heterocycles. The summed E-state index contributed by atoms with van der Waals surface area (Å²) in [5.41, 5.74) is 7.91. The summed E-state index contributed by atoms with van der Waals surface area (Å²) in [6, 6.07) is 14.6. The molecule has 2 N–H and O–H groups in total. The van der Waals surface area contributed by atoms with E-state index in [1.807, 2.05) is 23.1 Å². The van der Waals surface area contributed by atoms with Crippen LogP contribution in [-0.4, -0.2) is 59.4 Å². The Morgan fingerprint density at radius 1 is 1.06 bits per heavy atom. The highest BCUT2D eigenvalue weighted by molar-refractivity contribution is 7.90. The molecular formula is C25H28ClN5O3S. The molecule has 2 aliphatic rings. The second kappa shape index (κ2) is 9.04. The minimum atomic E-state index is -3.35. The first-order valence-corrected chi connectivity index (χ1v) is 14.0. The summed E-state index contributed by atoms with van der Waals surface area (Å²) in [7, 11) is -3.35. The van der Waals surface area contributed by atoms with Gasteiger partial charge in [-0.1, -0.05) is 35.9 Å². The molecule has 0 unspecified atom stereocenters. The molecule has 1 amide bonds. The van der Waals surface area contributed by atoms with Gasteiger partial charge >= 0.3 is 0 Å². The Hall–Kier alpha value is -2.75. The van der Waals surface area contributed by atoms with Gasteiger partial charge < -0.3 is 15.2 Å². The molecule has 0 atom stereocenters. The smallest absolute Gasteiger partial charge is 0.292 e. The van der Waals surface area contributed by atoms with Crippen LogP contribution < -0.4 is 5.73 Å². The lowest BCUT2D eigenvalue weighted by Gasteiger charge is -2.44. The largest absolute Gasteiger partial charge is 0.331 e. The zero-order valence-electron chi connectivity index (χ0n) is 19.5. The van der Waals surface area contributed by atoms with Crippen LogP contribution in [-0.2, 0) is 21.8 Å². The number of fused-ring (bicyclic) bond motifs is 1. The molecule has 1 saturated carbocycles. The number of rotatable bonds is 5. The van der Waals surface area contributed by atoms with E-state index in [1.165, 1.54) is 6.26 Å². The van der Waals surface area contributed by atoms with Crippen molar-refractivity contribution in [2.75, 3.05) is 19.3 Å². The minimum absolute atomic E-state index is 0.115. The van der Waals surface area contributed by atoms with E-state index in [-0.39, 0.29) is 22.3 Å². The van der Waals surface area contributed by atoms with Gasteiger partial charge in [0.15, 0.2) is 15.7 Å². The predicted octanol–water partition coefficient (Wildman–Crippen LogP) is 3.30. The predicted molar refractivity (Wildman–Crippen MR) is 134 cm³/mol. The molecule has 35 heavy (non-hydrogen) atoms. The molecule has 0 bridgehead atoms. The van der Waals surface area contributed by atoms with E-state index in [0.717, 1.165) is 31.2 Å². The Morgan fingerprint density at radius 3 is 2.46 bits per heavy atom. The number of benzene rings is 2. The van der Waals surface area contributed by atoms with Crippen molar-refractivity contribution < 1.29 is 13.2 Å². The van der Waals surface area contributed by atoms with Crippen molar-refractivity contribution in [1.82, 2.24) is 19.7 Å². The van der Waals surface area contributed by atoms with Gasteiger partial charge in [0.1, 0.15) is 0 Å². The van der Waals surface area contributed by atoms with E-state index < -0.39 is 9.84 Å². The topological polar surface area (TPSA) is 111 Å². The monoisotopic (exact) mass is 513 g/mol. The highest BCUT2D eigenvalue weighted by atomic mass is 35.5. The number of carbonyl (C=O) groups excluding carboxylic acids is 1. The maximum atomic E-state index is 13.4. The summed E-state index contributed by atoms with van der Waals surface area (Å²) in [5, 5.41) is 9.15. The summed E-state index contributed by atoms with van der Waals surface area (Å²) < 4.78 is 25.7. The summed E-state index contributed by atoms with van der Waals surface area (Å²) in [6.07, 6.45) is 4.64. The van der Waals surface area contributed by atoms with Gasteiger partial charge in [-0.05, 0) is 55.5 Å². The summed E-state index contributed by atoms with van der Waals surface area (Å²) in [6.45, 7) is 1.65. The maximum absolute atomic E-state index is 13.4. The lowest BCUT2D eigenvalue weighted by atomic mass is 9.68. The number of amides is 1. The van der Waals surface area contributed by atoms with Gasteiger partial charge in [0.2, 0.25) is 5.82 Å². The first kappa shape index (κ1) is 24.0. The third-order valence-corrected chi connectivity index (χ3v) is 8.81. The Kier molecular flexibility index (Phi) is 6.19. The van der Waals surface area contributed by atoms with Gasteiger partial charge in [-0.2, -0.15) is 0 Å². The first-order valence-electron chi connectivity index (χ1n) is 11.7. The molecule has 184 valence electrons. The molecule has 2 aromatic carbocycles. The molecule has 10 heteroatoms. The number of nitrogens with zero attached hydrogens (tertiary/aromatic N) is 4. The van der Waals surface area contributed by atoms with Crippen molar-refractivity contribution >= 4 is 27.3 Å². The van der Waals surface area contributed by atoms with Crippen LogP contribution in [0.1, 0.15) is 41.9 Å². The fourth-order valence-electron chi connectivity index (χ4n) is 5.43. The third kappa shape index (κ3) is 4.37. The van der Waals surface area contributed by atoms with Crippen LogP contribution in [0.4, 0.5) is 0 Å². The van der Waals surface area contributed by atoms with Crippen LogP contribution in [0, 0.1) is 0 Å². The van der Waals surface area contributed by atoms with Gasteiger partial charge in [-0.15, -0.1) is 10.2 Å². The molecule has 0 radical (unpaired) electrons. The van der Waals surface area contributed by atoms with Gasteiger partial charge in [-0.25, -0.2) is 8.42 Å². The molecule has 5 rings (SSSR count). The quantitative estimate of drug-likeness (QED) is 0.560. The Morgan fingerprint density at radius 2 is 1.77 bits per heavy atom.